The van der Waals surface area contributed by atoms with Crippen LogP contribution >= 0.6 is 0 Å². The van der Waals surface area contributed by atoms with E-state index in [1.165, 1.54) is 24.3 Å². The van der Waals surface area contributed by atoms with Crippen LogP contribution in [-0.4, -0.2) is 110 Å². The van der Waals surface area contributed by atoms with Gasteiger partial charge < -0.3 is 45.7 Å². The smallest absolute Gasteiger partial charge is 0.411 e. The predicted molar refractivity (Wildman–Crippen MR) is 253 cm³/mol. The van der Waals surface area contributed by atoms with Crippen molar-refractivity contribution in [1.82, 2.24) is 36.0 Å². The molecule has 6 rings (SSSR count). The summed E-state index contributed by atoms with van der Waals surface area (Å²) in [6.07, 6.45) is 2.09. The fourth-order valence-corrected chi connectivity index (χ4v) is 8.25. The summed E-state index contributed by atoms with van der Waals surface area (Å²) >= 11 is 0. The SMILES string of the molecule is Cc1cc(C(=O)N[C@H]2CCN(C(=O)OC(C)(C)C)C2)ccc1-c1ccc(C[C@H](NC(=O)C2CCC(CNC(=O)OC(C)(C)C)CC2)C(=O)Nc2ccc(-c3nnc(C(F)(F)C(F)(F)C(=O)O)[nH]3)cc2)cc1. The number of rotatable bonds is 15. The molecule has 6 N–H and O–H groups in total. The van der Waals surface area contributed by atoms with Crippen LogP contribution in [0, 0.1) is 18.8 Å². The Morgan fingerprint density at radius 2 is 1.45 bits per heavy atom. The molecule has 1 aliphatic carbocycles. The number of benzene rings is 3. The number of H-pyrrole nitrogens is 1. The van der Waals surface area contributed by atoms with Crippen LogP contribution in [0.25, 0.3) is 22.5 Å². The maximum absolute atomic E-state index is 14.4. The van der Waals surface area contributed by atoms with Gasteiger partial charge in [0.15, 0.2) is 5.82 Å². The van der Waals surface area contributed by atoms with Crippen molar-refractivity contribution in [2.75, 3.05) is 25.0 Å². The first kappa shape index (κ1) is 53.3. The lowest BCUT2D eigenvalue weighted by molar-refractivity contribution is -0.231. The van der Waals surface area contributed by atoms with E-state index in [9.17, 15) is 46.3 Å². The number of anilines is 1. The number of halogens is 4. The molecule has 2 heterocycles. The second-order valence-electron chi connectivity index (χ2n) is 20.0. The molecule has 0 radical (unpaired) electrons. The molecule has 17 nitrogen and oxygen atoms in total. The van der Waals surface area contributed by atoms with Gasteiger partial charge in [0, 0.05) is 54.8 Å². The molecule has 4 aromatic rings. The lowest BCUT2D eigenvalue weighted by Crippen LogP contribution is -2.48. The maximum atomic E-state index is 14.4. The molecule has 382 valence electrons. The molecular weight excluding hydrogens is 933 g/mol. The van der Waals surface area contributed by atoms with Gasteiger partial charge in [0.2, 0.25) is 17.6 Å². The number of amides is 5. The van der Waals surface area contributed by atoms with E-state index in [1.54, 1.807) is 58.6 Å². The molecule has 1 aromatic heterocycles. The molecule has 5 amide bonds. The number of alkyl halides is 4. The molecule has 2 fully saturated rings. The second-order valence-corrected chi connectivity index (χ2v) is 20.0. The highest BCUT2D eigenvalue weighted by Crippen LogP contribution is 2.42. The number of nitrogens with one attached hydrogen (secondary N) is 5. The summed E-state index contributed by atoms with van der Waals surface area (Å²) in [7, 11) is 0. The number of likely N-dealkylation sites (tertiary alicyclic amines) is 1. The van der Waals surface area contributed by atoms with Crippen LogP contribution in [0.15, 0.2) is 66.7 Å². The summed E-state index contributed by atoms with van der Waals surface area (Å²) in [5, 5.41) is 26.7. The molecule has 1 aliphatic heterocycles. The molecule has 21 heteroatoms. The average Bonchev–Trinajstić information content (AvgIpc) is 3.99. The van der Waals surface area contributed by atoms with Gasteiger partial charge >= 0.3 is 30.0 Å². The van der Waals surface area contributed by atoms with Crippen LogP contribution in [0.3, 0.4) is 0 Å². The summed E-state index contributed by atoms with van der Waals surface area (Å²) in [4.78, 5) is 80.2. The number of carboxylic acid groups (broad SMARTS) is 1. The van der Waals surface area contributed by atoms with Gasteiger partial charge in [-0.1, -0.05) is 30.3 Å². The number of carboxylic acids is 1. The van der Waals surface area contributed by atoms with Gasteiger partial charge in [-0.05, 0) is 145 Å². The molecule has 1 saturated heterocycles. The highest BCUT2D eigenvalue weighted by Gasteiger charge is 2.65. The van der Waals surface area contributed by atoms with Gasteiger partial charge in [-0.2, -0.15) is 17.6 Å². The Morgan fingerprint density at radius 3 is 2.06 bits per heavy atom. The van der Waals surface area contributed by atoms with E-state index < -0.39 is 64.9 Å². The second kappa shape index (κ2) is 21.5. The minimum Gasteiger partial charge on any atom is -0.477 e. The van der Waals surface area contributed by atoms with Crippen molar-refractivity contribution in [2.45, 2.75) is 122 Å². The van der Waals surface area contributed by atoms with Gasteiger partial charge in [0.05, 0.1) is 0 Å². The third kappa shape index (κ3) is 13.8. The number of nitrogens with zero attached hydrogens (tertiary/aromatic N) is 3. The Labute approximate surface area is 408 Å². The van der Waals surface area contributed by atoms with Crippen molar-refractivity contribution in [3.63, 3.8) is 0 Å². The molecule has 0 spiro atoms. The van der Waals surface area contributed by atoms with Gasteiger partial charge in [0.1, 0.15) is 17.2 Å². The fraction of sp³-hybridized carbons (Fsp3) is 0.480. The van der Waals surface area contributed by atoms with E-state index >= 15 is 0 Å². The molecule has 3 aromatic carbocycles. The Balaban J connectivity index is 1.12. The maximum Gasteiger partial charge on any atom is 0.411 e. The first-order valence-electron chi connectivity index (χ1n) is 23.3. The van der Waals surface area contributed by atoms with Crippen molar-refractivity contribution in [3.05, 3.63) is 89.2 Å². The molecular formula is C50H60F4N8O9. The standard InChI is InChI=1S/C50H60F4N8O9/c1-28-24-34(41(64)57-36-22-23-62(27-36)46(69)71-48(5,6)7)18-21-37(28)31-12-8-29(9-13-31)25-38(58-40(63)33-14-10-30(11-15-33)26-55-45(68)70-47(2,3)4)42(65)56-35-19-16-32(17-20-35)39-59-43(61-60-39)49(51,52)50(53,54)44(66)67/h8-9,12-13,16-21,24,30,33,36,38H,10-11,14-15,22-23,25-27H2,1-7H3,(H,55,68)(H,56,65)(H,57,64)(H,58,63)(H,66,67)(H,59,60,61)/t30?,33?,36-,38-/m0/s1. The van der Waals surface area contributed by atoms with Crippen molar-refractivity contribution in [2.24, 2.45) is 11.8 Å². The Morgan fingerprint density at radius 1 is 0.817 bits per heavy atom. The third-order valence-electron chi connectivity index (χ3n) is 12.0. The molecule has 1 saturated carbocycles. The van der Waals surface area contributed by atoms with Crippen LogP contribution in [-0.2, 0) is 36.2 Å². The van der Waals surface area contributed by atoms with E-state index in [1.807, 2.05) is 42.2 Å². The van der Waals surface area contributed by atoms with Gasteiger partial charge in [-0.25, -0.2) is 14.4 Å². The number of hydrogen-bond acceptors (Lipinski definition) is 10. The molecule has 71 heavy (non-hydrogen) atoms. The molecule has 0 unspecified atom stereocenters. The number of aryl methyl sites for hydroxylation is 1. The third-order valence-corrected chi connectivity index (χ3v) is 12.0. The predicted octanol–water partition coefficient (Wildman–Crippen LogP) is 8.00. The van der Waals surface area contributed by atoms with Crippen molar-refractivity contribution in [3.8, 4) is 22.5 Å². The molecule has 2 atom stereocenters. The van der Waals surface area contributed by atoms with Gasteiger partial charge in [-0.15, -0.1) is 10.2 Å². The molecule has 2 aliphatic rings. The lowest BCUT2D eigenvalue weighted by atomic mass is 9.81. The van der Waals surface area contributed by atoms with Crippen molar-refractivity contribution in [1.29, 1.82) is 0 Å². The largest absolute Gasteiger partial charge is 0.477 e. The first-order valence-corrected chi connectivity index (χ1v) is 23.3. The topological polar surface area (TPSA) is 234 Å². The zero-order chi connectivity index (χ0) is 52.1. The number of hydrogen-bond donors (Lipinski definition) is 6. The number of aromatic nitrogens is 3. The van der Waals surface area contributed by atoms with Crippen LogP contribution in [0.1, 0.15) is 101 Å². The van der Waals surface area contributed by atoms with E-state index in [0.29, 0.717) is 62.9 Å². The van der Waals surface area contributed by atoms with E-state index in [2.05, 4.69) is 31.5 Å². The minimum atomic E-state index is -5.47. The van der Waals surface area contributed by atoms with E-state index in [-0.39, 0.29) is 47.3 Å². The fourth-order valence-electron chi connectivity index (χ4n) is 8.25. The summed E-state index contributed by atoms with van der Waals surface area (Å²) in [6.45, 7) is 13.8. The summed E-state index contributed by atoms with van der Waals surface area (Å²) in [5.41, 5.74) is 2.75. The summed E-state index contributed by atoms with van der Waals surface area (Å²) < 4.78 is 67.1. The van der Waals surface area contributed by atoms with E-state index in [4.69, 9.17) is 14.6 Å². The van der Waals surface area contributed by atoms with Gasteiger partial charge in [-0.3, -0.25) is 14.4 Å². The highest BCUT2D eigenvalue weighted by molar-refractivity contribution is 5.98. The van der Waals surface area contributed by atoms with Crippen LogP contribution in [0.5, 0.6) is 0 Å². The van der Waals surface area contributed by atoms with Crippen LogP contribution < -0.4 is 21.3 Å². The van der Waals surface area contributed by atoms with E-state index in [0.717, 1.165) is 16.7 Å². The Hall–Kier alpha value is -7.06. The number of aromatic amines is 1. The average molecular weight is 993 g/mol. The number of aliphatic carboxylic acids is 1. The quantitative estimate of drug-likeness (QED) is 0.0625. The first-order chi connectivity index (χ1) is 33.2. The number of carbonyl (C=O) groups is 6. The number of carbonyl (C=O) groups excluding carboxylic acids is 5. The zero-order valence-electron chi connectivity index (χ0n) is 40.6. The zero-order valence-corrected chi connectivity index (χ0v) is 40.6. The van der Waals surface area contributed by atoms with Crippen molar-refractivity contribution >= 4 is 41.6 Å². The lowest BCUT2D eigenvalue weighted by Gasteiger charge is -2.29. The highest BCUT2D eigenvalue weighted by atomic mass is 19.3. The monoisotopic (exact) mass is 992 g/mol. The van der Waals surface area contributed by atoms with Gasteiger partial charge in [0.25, 0.3) is 5.91 Å². The minimum absolute atomic E-state index is 0.0751. The van der Waals surface area contributed by atoms with Crippen LogP contribution in [0.2, 0.25) is 0 Å². The number of alkyl carbamates (subject to hydrolysis) is 1. The van der Waals surface area contributed by atoms with Crippen LogP contribution in [0.4, 0.5) is 32.8 Å². The summed E-state index contributed by atoms with van der Waals surface area (Å²) in [6, 6.07) is 16.9. The Kier molecular flexibility index (Phi) is 16.2. The normalized spacial score (nSPS) is 18.0. The van der Waals surface area contributed by atoms with Crippen molar-refractivity contribution < 1.29 is 60.9 Å². The number of ether oxygens (including phenoxy) is 2. The Bertz CT molecular complexity index is 2590. The summed E-state index contributed by atoms with van der Waals surface area (Å²) in [5.74, 6) is -17.2. The molecule has 0 bridgehead atoms.